The third-order valence-corrected chi connectivity index (χ3v) is 2.98. The van der Waals surface area contributed by atoms with Crippen LogP contribution in [0.1, 0.15) is 5.56 Å². The van der Waals surface area contributed by atoms with Crippen LogP contribution in [-0.4, -0.2) is 11.7 Å². The largest absolute Gasteiger partial charge is 0.396 e. The van der Waals surface area contributed by atoms with E-state index in [-0.39, 0.29) is 12.4 Å². The second-order valence-corrected chi connectivity index (χ2v) is 4.17. The van der Waals surface area contributed by atoms with Gasteiger partial charge in [0, 0.05) is 17.2 Å². The van der Waals surface area contributed by atoms with E-state index in [0.717, 1.165) is 11.1 Å². The highest BCUT2D eigenvalue weighted by molar-refractivity contribution is 6.31. The van der Waals surface area contributed by atoms with Crippen LogP contribution in [0.3, 0.4) is 0 Å². The van der Waals surface area contributed by atoms with Crippen molar-refractivity contribution in [3.05, 3.63) is 58.9 Å². The highest BCUT2D eigenvalue weighted by Gasteiger charge is 2.07. The minimum Gasteiger partial charge on any atom is -0.396 e. The lowest BCUT2D eigenvalue weighted by molar-refractivity contribution is 0.299. The topological polar surface area (TPSA) is 20.2 Å². The van der Waals surface area contributed by atoms with E-state index < -0.39 is 0 Å². The SMILES string of the molecule is OCCc1cc(-c2ccccc2F)ccc1Cl. The van der Waals surface area contributed by atoms with Gasteiger partial charge in [-0.2, -0.15) is 0 Å². The maximum Gasteiger partial charge on any atom is 0.131 e. The minimum absolute atomic E-state index is 0.0282. The smallest absolute Gasteiger partial charge is 0.131 e. The van der Waals surface area contributed by atoms with E-state index in [4.69, 9.17) is 16.7 Å². The van der Waals surface area contributed by atoms with Gasteiger partial charge >= 0.3 is 0 Å². The quantitative estimate of drug-likeness (QED) is 0.881. The summed E-state index contributed by atoms with van der Waals surface area (Å²) >= 11 is 6.00. The monoisotopic (exact) mass is 250 g/mol. The lowest BCUT2D eigenvalue weighted by atomic mass is 10.0. The molecule has 0 radical (unpaired) electrons. The molecule has 0 aliphatic carbocycles. The van der Waals surface area contributed by atoms with Crippen LogP contribution in [0.25, 0.3) is 11.1 Å². The molecule has 0 spiro atoms. The molecule has 0 aliphatic rings. The summed E-state index contributed by atoms with van der Waals surface area (Å²) in [6.07, 6.45) is 0.473. The van der Waals surface area contributed by atoms with Crippen molar-refractivity contribution in [2.75, 3.05) is 6.61 Å². The van der Waals surface area contributed by atoms with Crippen molar-refractivity contribution in [1.29, 1.82) is 0 Å². The summed E-state index contributed by atoms with van der Waals surface area (Å²) in [5.74, 6) is -0.259. The van der Waals surface area contributed by atoms with E-state index in [2.05, 4.69) is 0 Å². The average Bonchev–Trinajstić information content (AvgIpc) is 2.33. The van der Waals surface area contributed by atoms with Gasteiger partial charge < -0.3 is 5.11 Å². The fourth-order valence-corrected chi connectivity index (χ4v) is 1.96. The summed E-state index contributed by atoms with van der Waals surface area (Å²) in [7, 11) is 0. The van der Waals surface area contributed by atoms with Gasteiger partial charge in [-0.1, -0.05) is 35.9 Å². The molecule has 2 aromatic carbocycles. The molecule has 3 heteroatoms. The maximum atomic E-state index is 13.6. The van der Waals surface area contributed by atoms with Gasteiger partial charge in [0.25, 0.3) is 0 Å². The van der Waals surface area contributed by atoms with E-state index in [1.54, 1.807) is 30.3 Å². The Morgan fingerprint density at radius 3 is 2.59 bits per heavy atom. The third-order valence-electron chi connectivity index (χ3n) is 2.61. The molecule has 2 rings (SSSR count). The van der Waals surface area contributed by atoms with Gasteiger partial charge in [-0.3, -0.25) is 0 Å². The minimum atomic E-state index is -0.259. The maximum absolute atomic E-state index is 13.6. The number of halogens is 2. The molecule has 0 bridgehead atoms. The third kappa shape index (κ3) is 2.65. The number of benzene rings is 2. The van der Waals surface area contributed by atoms with Crippen LogP contribution in [-0.2, 0) is 6.42 Å². The van der Waals surface area contributed by atoms with Crippen molar-refractivity contribution in [3.8, 4) is 11.1 Å². The molecule has 0 heterocycles. The molecule has 17 heavy (non-hydrogen) atoms. The van der Waals surface area contributed by atoms with E-state index in [0.29, 0.717) is 17.0 Å². The number of aliphatic hydroxyl groups is 1. The molecule has 0 saturated carbocycles. The Bertz CT molecular complexity index is 525. The molecular weight excluding hydrogens is 239 g/mol. The summed E-state index contributed by atoms with van der Waals surface area (Å²) in [5, 5.41) is 9.52. The van der Waals surface area contributed by atoms with Crippen LogP contribution in [0, 0.1) is 5.82 Å². The van der Waals surface area contributed by atoms with Crippen molar-refractivity contribution < 1.29 is 9.50 Å². The van der Waals surface area contributed by atoms with Gasteiger partial charge in [0.05, 0.1) is 0 Å². The van der Waals surface area contributed by atoms with Gasteiger partial charge in [-0.05, 0) is 35.7 Å². The van der Waals surface area contributed by atoms with Crippen molar-refractivity contribution in [2.24, 2.45) is 0 Å². The zero-order valence-electron chi connectivity index (χ0n) is 9.16. The van der Waals surface area contributed by atoms with Crippen LogP contribution in [0.15, 0.2) is 42.5 Å². The second-order valence-electron chi connectivity index (χ2n) is 3.76. The van der Waals surface area contributed by atoms with Gasteiger partial charge in [0.15, 0.2) is 0 Å². The zero-order valence-corrected chi connectivity index (χ0v) is 9.91. The zero-order chi connectivity index (χ0) is 12.3. The average molecular weight is 251 g/mol. The molecule has 2 aromatic rings. The van der Waals surface area contributed by atoms with E-state index in [1.165, 1.54) is 6.07 Å². The standard InChI is InChI=1S/C14H12ClFO/c15-13-6-5-10(9-11(13)7-8-17)12-3-1-2-4-14(12)16/h1-6,9,17H,7-8H2. The Morgan fingerprint density at radius 2 is 1.88 bits per heavy atom. The Balaban J connectivity index is 2.46. The lowest BCUT2D eigenvalue weighted by Gasteiger charge is -2.07. The number of aliphatic hydroxyl groups excluding tert-OH is 1. The van der Waals surface area contributed by atoms with Crippen LogP contribution in [0.5, 0.6) is 0 Å². The van der Waals surface area contributed by atoms with E-state index in [1.807, 2.05) is 6.07 Å². The predicted octanol–water partition coefficient (Wildman–Crippen LogP) is 3.68. The fourth-order valence-electron chi connectivity index (χ4n) is 1.75. The second kappa shape index (κ2) is 5.30. The summed E-state index contributed by atoms with van der Waals surface area (Å²) < 4.78 is 13.6. The molecule has 0 aromatic heterocycles. The summed E-state index contributed by atoms with van der Waals surface area (Å²) in [6.45, 7) is 0.0282. The molecule has 0 aliphatic heterocycles. The van der Waals surface area contributed by atoms with Crippen molar-refractivity contribution >= 4 is 11.6 Å². The van der Waals surface area contributed by atoms with Crippen LogP contribution >= 0.6 is 11.6 Å². The first-order chi connectivity index (χ1) is 8.22. The van der Waals surface area contributed by atoms with Crippen molar-refractivity contribution in [2.45, 2.75) is 6.42 Å². The van der Waals surface area contributed by atoms with E-state index in [9.17, 15) is 4.39 Å². The highest BCUT2D eigenvalue weighted by atomic mass is 35.5. The normalized spacial score (nSPS) is 10.5. The Hall–Kier alpha value is -1.38. The number of rotatable bonds is 3. The van der Waals surface area contributed by atoms with Gasteiger partial charge in [-0.25, -0.2) is 4.39 Å². The Labute approximate surface area is 104 Å². The molecular formula is C14H12ClFO. The molecule has 0 saturated heterocycles. The summed E-state index contributed by atoms with van der Waals surface area (Å²) in [6, 6.07) is 11.9. The van der Waals surface area contributed by atoms with Crippen molar-refractivity contribution in [3.63, 3.8) is 0 Å². The van der Waals surface area contributed by atoms with Crippen molar-refractivity contribution in [1.82, 2.24) is 0 Å². The highest BCUT2D eigenvalue weighted by Crippen LogP contribution is 2.27. The number of hydrogen-bond acceptors (Lipinski definition) is 1. The van der Waals surface area contributed by atoms with Gasteiger partial charge in [-0.15, -0.1) is 0 Å². The lowest BCUT2D eigenvalue weighted by Crippen LogP contribution is -1.93. The molecule has 1 N–H and O–H groups in total. The Kier molecular flexibility index (Phi) is 3.77. The molecule has 1 nitrogen and oxygen atoms in total. The van der Waals surface area contributed by atoms with E-state index >= 15 is 0 Å². The predicted molar refractivity (Wildman–Crippen MR) is 67.6 cm³/mol. The molecule has 0 fully saturated rings. The first-order valence-corrected chi connectivity index (χ1v) is 5.74. The van der Waals surface area contributed by atoms with Crippen LogP contribution in [0.2, 0.25) is 5.02 Å². The first kappa shape index (κ1) is 12.1. The van der Waals surface area contributed by atoms with Crippen LogP contribution < -0.4 is 0 Å². The first-order valence-electron chi connectivity index (χ1n) is 5.36. The molecule has 88 valence electrons. The van der Waals surface area contributed by atoms with Gasteiger partial charge in [0.2, 0.25) is 0 Å². The Morgan fingerprint density at radius 1 is 1.12 bits per heavy atom. The van der Waals surface area contributed by atoms with Gasteiger partial charge in [0.1, 0.15) is 5.82 Å². The molecule has 0 atom stereocenters. The summed E-state index contributed by atoms with van der Waals surface area (Å²) in [5.41, 5.74) is 2.15. The van der Waals surface area contributed by atoms with Crippen LogP contribution in [0.4, 0.5) is 4.39 Å². The molecule has 0 unspecified atom stereocenters. The number of hydrogen-bond donors (Lipinski definition) is 1. The molecule has 0 amide bonds. The fraction of sp³-hybridized carbons (Fsp3) is 0.143. The summed E-state index contributed by atoms with van der Waals surface area (Å²) in [4.78, 5) is 0.